The summed E-state index contributed by atoms with van der Waals surface area (Å²) < 4.78 is 23.1. The van der Waals surface area contributed by atoms with Gasteiger partial charge < -0.3 is 18.9 Å². The van der Waals surface area contributed by atoms with Crippen molar-refractivity contribution in [1.29, 1.82) is 0 Å². The van der Waals surface area contributed by atoms with Gasteiger partial charge in [-0.15, -0.1) is 0 Å². The molecule has 9 nitrogen and oxygen atoms in total. The maximum Gasteiger partial charge on any atom is 0.276 e. The van der Waals surface area contributed by atoms with Crippen molar-refractivity contribution in [3.8, 4) is 23.0 Å². The van der Waals surface area contributed by atoms with E-state index in [9.17, 15) is 9.59 Å². The summed E-state index contributed by atoms with van der Waals surface area (Å²) in [5.74, 6) is 0.154. The first-order chi connectivity index (χ1) is 16.8. The highest BCUT2D eigenvalue weighted by molar-refractivity contribution is 6.39. The van der Waals surface area contributed by atoms with Crippen LogP contribution < -0.4 is 23.4 Å². The Morgan fingerprint density at radius 1 is 0.886 bits per heavy atom. The van der Waals surface area contributed by atoms with Gasteiger partial charge in [0.2, 0.25) is 6.04 Å². The molecule has 1 atom stereocenters. The van der Waals surface area contributed by atoms with Gasteiger partial charge in [-0.3, -0.25) is 9.59 Å². The van der Waals surface area contributed by atoms with Crippen molar-refractivity contribution in [1.82, 2.24) is 0 Å². The normalized spacial score (nSPS) is 11.7. The number of anilines is 1. The number of nitrogens with zero attached hydrogens (tertiary/aromatic N) is 3. The number of Topliss-reactive ketones (excluding diaryl/α,β-unsaturated/α-hetero) is 1. The van der Waals surface area contributed by atoms with E-state index in [1.165, 1.54) is 6.92 Å². The van der Waals surface area contributed by atoms with E-state index < -0.39 is 17.7 Å². The quantitative estimate of drug-likeness (QED) is 0.176. The van der Waals surface area contributed by atoms with Crippen molar-refractivity contribution in [2.75, 3.05) is 30.8 Å². The Morgan fingerprint density at radius 2 is 1.49 bits per heavy atom. The highest BCUT2D eigenvalue weighted by atomic mass is 35.5. The number of rotatable bonds is 13. The van der Waals surface area contributed by atoms with E-state index in [0.29, 0.717) is 48.7 Å². The van der Waals surface area contributed by atoms with E-state index in [0.717, 1.165) is 4.42 Å². The Hall–Kier alpha value is -3.04. The number of azo groups is 1. The van der Waals surface area contributed by atoms with Crippen molar-refractivity contribution in [3.05, 3.63) is 35.4 Å². The fraction of sp³-hybridized carbons (Fsp3) is 0.417. The van der Waals surface area contributed by atoms with Crippen molar-refractivity contribution in [3.63, 3.8) is 0 Å². The Bertz CT molecular complexity index is 1060. The second-order valence-corrected chi connectivity index (χ2v) is 7.68. The van der Waals surface area contributed by atoms with Gasteiger partial charge in [0.1, 0.15) is 5.69 Å². The molecule has 0 spiro atoms. The van der Waals surface area contributed by atoms with Crippen molar-refractivity contribution >= 4 is 46.4 Å². The third kappa shape index (κ3) is 7.22. The molecule has 0 saturated carbocycles. The molecule has 2 rings (SSSR count). The first kappa shape index (κ1) is 28.2. The number of ether oxygens (including phenoxy) is 4. The summed E-state index contributed by atoms with van der Waals surface area (Å²) in [6, 6.07) is 6.39. The molecule has 1 amide bonds. The lowest BCUT2D eigenvalue weighted by Gasteiger charge is -2.19. The molecule has 0 aliphatic heterocycles. The van der Waals surface area contributed by atoms with Crippen LogP contribution in [-0.4, -0.2) is 44.2 Å². The Morgan fingerprint density at radius 3 is 2.09 bits per heavy atom. The molecular formula is C24H29Cl2N3O6. The van der Waals surface area contributed by atoms with Crippen LogP contribution in [0.25, 0.3) is 0 Å². The van der Waals surface area contributed by atoms with Crippen LogP contribution in [0.2, 0.25) is 5.02 Å². The fourth-order valence-corrected chi connectivity index (χ4v) is 3.39. The lowest BCUT2D eigenvalue weighted by molar-refractivity contribution is -0.126. The molecule has 35 heavy (non-hydrogen) atoms. The summed E-state index contributed by atoms with van der Waals surface area (Å²) in [5.41, 5.74) is 0.532. The molecule has 0 fully saturated rings. The monoisotopic (exact) mass is 525 g/mol. The minimum atomic E-state index is -1.49. The molecule has 0 radical (unpaired) electrons. The first-order valence-corrected chi connectivity index (χ1v) is 11.9. The zero-order valence-corrected chi connectivity index (χ0v) is 21.9. The highest BCUT2D eigenvalue weighted by Gasteiger charge is 2.30. The summed E-state index contributed by atoms with van der Waals surface area (Å²) in [5, 5.41) is 8.42. The smallest absolute Gasteiger partial charge is 0.276 e. The SMILES string of the molecule is CCOc1ccc(N(Cl)C(=O)C(N=Nc2ccc(Cl)c(OCC)c2OCC)C(C)=O)cc1OCC. The number of halogens is 2. The summed E-state index contributed by atoms with van der Waals surface area (Å²) >= 11 is 12.5. The minimum Gasteiger partial charge on any atom is -0.490 e. The average molecular weight is 526 g/mol. The van der Waals surface area contributed by atoms with Crippen molar-refractivity contribution < 1.29 is 28.5 Å². The molecule has 0 aromatic heterocycles. The molecule has 0 saturated heterocycles. The lowest BCUT2D eigenvalue weighted by atomic mass is 10.2. The van der Waals surface area contributed by atoms with Gasteiger partial charge in [-0.05, 0) is 58.9 Å². The third-order valence-corrected chi connectivity index (χ3v) is 5.13. The number of carbonyl (C=O) groups excluding carboxylic acids is 2. The Balaban J connectivity index is 2.38. The molecule has 1 unspecified atom stereocenters. The molecule has 2 aromatic carbocycles. The van der Waals surface area contributed by atoms with Gasteiger partial charge in [0.15, 0.2) is 28.8 Å². The predicted octanol–water partition coefficient (Wildman–Crippen LogP) is 6.16. The zero-order chi connectivity index (χ0) is 26.0. The maximum absolute atomic E-state index is 13.1. The topological polar surface area (TPSA) is 99.0 Å². The Kier molecular flexibility index (Phi) is 11.1. The molecule has 0 heterocycles. The Labute approximate surface area is 215 Å². The van der Waals surface area contributed by atoms with Gasteiger partial charge >= 0.3 is 0 Å². The van der Waals surface area contributed by atoms with E-state index in [4.69, 9.17) is 42.3 Å². The molecule has 0 aliphatic carbocycles. The van der Waals surface area contributed by atoms with E-state index in [1.54, 1.807) is 44.2 Å². The second-order valence-electron chi connectivity index (χ2n) is 6.94. The molecule has 0 aliphatic rings. The second kappa shape index (κ2) is 13.7. The summed E-state index contributed by atoms with van der Waals surface area (Å²) in [6.45, 7) is 9.98. The zero-order valence-electron chi connectivity index (χ0n) is 20.3. The van der Waals surface area contributed by atoms with Gasteiger partial charge in [0, 0.05) is 17.8 Å². The lowest BCUT2D eigenvalue weighted by Crippen LogP contribution is -2.36. The molecule has 11 heteroatoms. The van der Waals surface area contributed by atoms with E-state index >= 15 is 0 Å². The van der Waals surface area contributed by atoms with Crippen LogP contribution in [0.4, 0.5) is 11.4 Å². The average Bonchev–Trinajstić information content (AvgIpc) is 2.83. The van der Waals surface area contributed by atoms with E-state index in [1.807, 2.05) is 13.8 Å². The van der Waals surface area contributed by atoms with Crippen LogP contribution in [0.1, 0.15) is 34.6 Å². The predicted molar refractivity (Wildman–Crippen MR) is 135 cm³/mol. The summed E-state index contributed by atoms with van der Waals surface area (Å²) in [7, 11) is 0. The molecule has 0 bridgehead atoms. The minimum absolute atomic E-state index is 0.250. The van der Waals surface area contributed by atoms with Gasteiger partial charge in [-0.2, -0.15) is 10.2 Å². The standard InChI is InChI=1S/C24H29Cl2N3O6/c1-6-32-19-13-10-16(14-20(19)33-7-2)29(26)24(31)21(15(5)30)28-27-18-12-11-17(25)22(34-8-3)23(18)35-9-4/h10-14,21H,6-9H2,1-5H3. The number of hydrogen-bond acceptors (Lipinski definition) is 8. The van der Waals surface area contributed by atoms with Crippen LogP contribution in [0, 0.1) is 0 Å². The molecule has 190 valence electrons. The summed E-state index contributed by atoms with van der Waals surface area (Å²) in [4.78, 5) is 25.4. The van der Waals surface area contributed by atoms with Crippen molar-refractivity contribution in [2.45, 2.75) is 40.7 Å². The van der Waals surface area contributed by atoms with Crippen LogP contribution >= 0.6 is 23.4 Å². The first-order valence-electron chi connectivity index (χ1n) is 11.2. The number of hydrogen-bond donors (Lipinski definition) is 0. The van der Waals surface area contributed by atoms with E-state index in [2.05, 4.69) is 10.2 Å². The number of amides is 1. The van der Waals surface area contributed by atoms with Crippen LogP contribution in [0.5, 0.6) is 23.0 Å². The van der Waals surface area contributed by atoms with Crippen LogP contribution in [0.3, 0.4) is 0 Å². The third-order valence-electron chi connectivity index (χ3n) is 4.47. The van der Waals surface area contributed by atoms with Gasteiger partial charge in [-0.1, -0.05) is 11.6 Å². The summed E-state index contributed by atoms with van der Waals surface area (Å²) in [6.07, 6.45) is 0. The molecular weight excluding hydrogens is 497 g/mol. The number of carbonyl (C=O) groups is 2. The fourth-order valence-electron chi connectivity index (χ4n) is 2.99. The highest BCUT2D eigenvalue weighted by Crippen LogP contribution is 2.43. The largest absolute Gasteiger partial charge is 0.490 e. The number of benzene rings is 2. The van der Waals surface area contributed by atoms with Gasteiger partial charge in [0.25, 0.3) is 5.91 Å². The molecule has 2 aromatic rings. The van der Waals surface area contributed by atoms with Crippen LogP contribution in [-0.2, 0) is 9.59 Å². The molecule has 0 N–H and O–H groups in total. The number of ketones is 1. The van der Waals surface area contributed by atoms with Crippen LogP contribution in [0.15, 0.2) is 40.6 Å². The van der Waals surface area contributed by atoms with Crippen molar-refractivity contribution in [2.24, 2.45) is 10.2 Å². The van der Waals surface area contributed by atoms with E-state index in [-0.39, 0.29) is 17.1 Å². The van der Waals surface area contributed by atoms with Gasteiger partial charge in [0.05, 0.1) is 37.1 Å². The van der Waals surface area contributed by atoms with Gasteiger partial charge in [-0.25, -0.2) is 4.42 Å². The maximum atomic E-state index is 13.1.